The molecule has 1 aliphatic rings. The number of hydrazone groups is 1. The Morgan fingerprint density at radius 2 is 1.95 bits per heavy atom. The first-order valence-electron chi connectivity index (χ1n) is 6.85. The third-order valence-corrected chi connectivity index (χ3v) is 3.57. The lowest BCUT2D eigenvalue weighted by molar-refractivity contribution is 0.0839. The maximum Gasteiger partial charge on any atom is 0.186 e. The molecule has 5 heteroatoms. The number of amidine groups is 1. The summed E-state index contributed by atoms with van der Waals surface area (Å²) in [4.78, 5) is 12.4. The molecule has 1 atom stereocenters. The molecule has 4 nitrogen and oxygen atoms in total. The average molecular weight is 294 g/mol. The first-order valence-corrected chi connectivity index (χ1v) is 7.19. The van der Waals surface area contributed by atoms with Crippen LogP contribution in [0.25, 0.3) is 0 Å². The summed E-state index contributed by atoms with van der Waals surface area (Å²) in [6.45, 7) is 6.55. The number of hydrogen-bond donors (Lipinski definition) is 0. The Morgan fingerprint density at radius 1 is 1.30 bits per heavy atom. The SMILES string of the molecule is CC(C)CC1=NN(C(C)C(=O)c2ccccc2)CN1Cl. The minimum Gasteiger partial charge on any atom is -0.292 e. The van der Waals surface area contributed by atoms with E-state index in [9.17, 15) is 4.79 Å². The summed E-state index contributed by atoms with van der Waals surface area (Å²) < 4.78 is 1.59. The maximum atomic E-state index is 12.4. The summed E-state index contributed by atoms with van der Waals surface area (Å²) in [6.07, 6.45) is 0.812. The number of Topliss-reactive ketones (excluding diaryl/α,β-unsaturated/α-hetero) is 1. The Bertz CT molecular complexity index is 501. The lowest BCUT2D eigenvalue weighted by Gasteiger charge is -2.21. The molecule has 0 bridgehead atoms. The molecule has 0 amide bonds. The Hall–Kier alpha value is -1.55. The second-order valence-corrected chi connectivity index (χ2v) is 5.87. The molecular weight excluding hydrogens is 274 g/mol. The minimum atomic E-state index is -0.316. The maximum absolute atomic E-state index is 12.4. The molecule has 0 N–H and O–H groups in total. The van der Waals surface area contributed by atoms with E-state index in [4.69, 9.17) is 11.8 Å². The summed E-state index contributed by atoms with van der Waals surface area (Å²) in [5.41, 5.74) is 0.702. The third-order valence-electron chi connectivity index (χ3n) is 3.27. The third kappa shape index (κ3) is 3.31. The van der Waals surface area contributed by atoms with Gasteiger partial charge in [0, 0.05) is 23.8 Å². The van der Waals surface area contributed by atoms with Gasteiger partial charge in [0.2, 0.25) is 0 Å². The lowest BCUT2D eigenvalue weighted by Crippen LogP contribution is -2.36. The molecule has 1 aromatic rings. The van der Waals surface area contributed by atoms with Crippen molar-refractivity contribution < 1.29 is 4.79 Å². The first kappa shape index (κ1) is 14.9. The summed E-state index contributed by atoms with van der Waals surface area (Å²) in [5.74, 6) is 1.37. The molecule has 0 aliphatic carbocycles. The van der Waals surface area contributed by atoms with Gasteiger partial charge in [-0.25, -0.2) is 4.42 Å². The van der Waals surface area contributed by atoms with E-state index in [1.165, 1.54) is 0 Å². The predicted molar refractivity (Wildman–Crippen MR) is 81.5 cm³/mol. The van der Waals surface area contributed by atoms with Crippen LogP contribution < -0.4 is 0 Å². The summed E-state index contributed by atoms with van der Waals surface area (Å²) in [6, 6.07) is 8.97. The highest BCUT2D eigenvalue weighted by Crippen LogP contribution is 2.20. The van der Waals surface area contributed by atoms with Crippen LogP contribution in [0.15, 0.2) is 35.4 Å². The molecule has 0 spiro atoms. The second kappa shape index (κ2) is 6.27. The summed E-state index contributed by atoms with van der Waals surface area (Å²) in [5, 5.41) is 6.23. The fourth-order valence-corrected chi connectivity index (χ4v) is 2.34. The largest absolute Gasteiger partial charge is 0.292 e. The Balaban J connectivity index is 2.09. The van der Waals surface area contributed by atoms with E-state index in [-0.39, 0.29) is 11.8 Å². The van der Waals surface area contributed by atoms with Crippen LogP contribution in [-0.2, 0) is 0 Å². The van der Waals surface area contributed by atoms with Crippen molar-refractivity contribution in [2.24, 2.45) is 11.0 Å². The highest BCUT2D eigenvalue weighted by Gasteiger charge is 2.29. The van der Waals surface area contributed by atoms with Gasteiger partial charge in [-0.15, -0.1) is 0 Å². The standard InChI is InChI=1S/C15H20ClN3O/c1-11(2)9-14-17-19(10-18(14)16)12(3)15(20)13-7-5-4-6-8-13/h4-8,11-12H,9-10H2,1-3H3. The van der Waals surface area contributed by atoms with Gasteiger partial charge >= 0.3 is 0 Å². The van der Waals surface area contributed by atoms with Crippen LogP contribution in [0.5, 0.6) is 0 Å². The second-order valence-electron chi connectivity index (χ2n) is 5.46. The Morgan fingerprint density at radius 3 is 2.55 bits per heavy atom. The van der Waals surface area contributed by atoms with Gasteiger partial charge in [0.25, 0.3) is 0 Å². The van der Waals surface area contributed by atoms with Crippen LogP contribution in [0.1, 0.15) is 37.6 Å². The number of nitrogens with zero attached hydrogens (tertiary/aromatic N) is 3. The van der Waals surface area contributed by atoms with Gasteiger partial charge in [-0.2, -0.15) is 5.10 Å². The van der Waals surface area contributed by atoms with Crippen LogP contribution in [0.4, 0.5) is 0 Å². The van der Waals surface area contributed by atoms with E-state index in [2.05, 4.69) is 18.9 Å². The summed E-state index contributed by atoms with van der Waals surface area (Å²) in [7, 11) is 0. The van der Waals surface area contributed by atoms with E-state index >= 15 is 0 Å². The molecule has 1 heterocycles. The molecule has 0 aromatic heterocycles. The molecule has 0 saturated carbocycles. The van der Waals surface area contributed by atoms with Gasteiger partial charge in [0.05, 0.1) is 0 Å². The van der Waals surface area contributed by atoms with Crippen LogP contribution in [-0.4, -0.2) is 33.8 Å². The van der Waals surface area contributed by atoms with Crippen molar-refractivity contribution in [3.8, 4) is 0 Å². The van der Waals surface area contributed by atoms with E-state index in [1.807, 2.05) is 37.3 Å². The average Bonchev–Trinajstić information content (AvgIpc) is 2.79. The van der Waals surface area contributed by atoms with E-state index in [0.717, 1.165) is 12.3 Å². The highest BCUT2D eigenvalue weighted by atomic mass is 35.5. The van der Waals surface area contributed by atoms with Crippen LogP contribution in [0.2, 0.25) is 0 Å². The topological polar surface area (TPSA) is 35.9 Å². The van der Waals surface area contributed by atoms with E-state index in [1.54, 1.807) is 9.43 Å². The molecular formula is C15H20ClN3O. The fourth-order valence-electron chi connectivity index (χ4n) is 2.13. The number of benzene rings is 1. The molecule has 0 fully saturated rings. The quantitative estimate of drug-likeness (QED) is 0.617. The van der Waals surface area contributed by atoms with Crippen LogP contribution >= 0.6 is 11.8 Å². The van der Waals surface area contributed by atoms with Crippen molar-refractivity contribution >= 4 is 23.4 Å². The van der Waals surface area contributed by atoms with Crippen molar-refractivity contribution in [1.29, 1.82) is 0 Å². The normalized spacial score (nSPS) is 16.6. The van der Waals surface area contributed by atoms with Crippen molar-refractivity contribution in [3.63, 3.8) is 0 Å². The molecule has 0 saturated heterocycles. The lowest BCUT2D eigenvalue weighted by atomic mass is 10.1. The predicted octanol–water partition coefficient (Wildman–Crippen LogP) is 3.35. The van der Waals surface area contributed by atoms with Gasteiger partial charge in [-0.3, -0.25) is 9.80 Å². The van der Waals surface area contributed by atoms with Crippen molar-refractivity contribution in [3.05, 3.63) is 35.9 Å². The highest BCUT2D eigenvalue weighted by molar-refractivity contribution is 6.22. The fraction of sp³-hybridized carbons (Fsp3) is 0.467. The number of rotatable bonds is 5. The monoisotopic (exact) mass is 293 g/mol. The van der Waals surface area contributed by atoms with Crippen LogP contribution in [0.3, 0.4) is 0 Å². The zero-order valence-electron chi connectivity index (χ0n) is 12.1. The van der Waals surface area contributed by atoms with Crippen LogP contribution in [0, 0.1) is 5.92 Å². The zero-order valence-corrected chi connectivity index (χ0v) is 12.8. The molecule has 1 aromatic carbocycles. The van der Waals surface area contributed by atoms with E-state index < -0.39 is 0 Å². The smallest absolute Gasteiger partial charge is 0.186 e. The number of carbonyl (C=O) groups is 1. The minimum absolute atomic E-state index is 0.0604. The van der Waals surface area contributed by atoms with Crippen molar-refractivity contribution in [2.75, 3.05) is 6.67 Å². The van der Waals surface area contributed by atoms with Gasteiger partial charge in [0.1, 0.15) is 18.5 Å². The van der Waals surface area contributed by atoms with Gasteiger partial charge in [-0.1, -0.05) is 44.2 Å². The Labute approximate surface area is 125 Å². The molecule has 2 rings (SSSR count). The van der Waals surface area contributed by atoms with Gasteiger partial charge in [0.15, 0.2) is 5.78 Å². The molecule has 20 heavy (non-hydrogen) atoms. The first-order chi connectivity index (χ1) is 9.49. The molecule has 1 unspecified atom stereocenters. The molecule has 0 radical (unpaired) electrons. The zero-order chi connectivity index (χ0) is 14.7. The Kier molecular flexibility index (Phi) is 4.65. The number of carbonyl (C=O) groups excluding carboxylic acids is 1. The summed E-state index contributed by atoms with van der Waals surface area (Å²) >= 11 is 6.16. The van der Waals surface area contributed by atoms with Gasteiger partial charge < -0.3 is 0 Å². The number of ketones is 1. The van der Waals surface area contributed by atoms with Crippen molar-refractivity contribution in [1.82, 2.24) is 9.43 Å². The number of hydrogen-bond acceptors (Lipinski definition) is 4. The molecule has 108 valence electrons. The molecule has 1 aliphatic heterocycles. The van der Waals surface area contributed by atoms with E-state index in [0.29, 0.717) is 18.2 Å². The number of halogens is 1. The van der Waals surface area contributed by atoms with Gasteiger partial charge in [-0.05, 0) is 12.8 Å². The van der Waals surface area contributed by atoms with Crippen molar-refractivity contribution in [2.45, 2.75) is 33.2 Å².